The van der Waals surface area contributed by atoms with Crippen molar-refractivity contribution in [1.29, 1.82) is 0 Å². The van der Waals surface area contributed by atoms with E-state index in [1.807, 2.05) is 27.7 Å². The molecule has 0 fully saturated rings. The van der Waals surface area contributed by atoms with Crippen molar-refractivity contribution in [1.82, 2.24) is 14.5 Å². The Balaban J connectivity index is 2.21. The Labute approximate surface area is 158 Å². The number of imidazole rings is 1. The summed E-state index contributed by atoms with van der Waals surface area (Å²) in [7, 11) is 1.67. The summed E-state index contributed by atoms with van der Waals surface area (Å²) in [6, 6.07) is 0. The minimum atomic E-state index is -0.0148. The van der Waals surface area contributed by atoms with Gasteiger partial charge in [0, 0.05) is 30.6 Å². The van der Waals surface area contributed by atoms with Crippen LogP contribution in [0.15, 0.2) is 5.16 Å². The molecule has 0 atom stereocenters. The molecule has 0 spiro atoms. The van der Waals surface area contributed by atoms with Crippen LogP contribution in [0.5, 0.6) is 0 Å². The molecule has 142 valence electrons. The Morgan fingerprint density at radius 2 is 1.96 bits per heavy atom. The molecule has 2 rings (SSSR count). The normalized spacial score (nSPS) is 11.2. The number of carbonyl (C=O) groups excluding carboxylic acids is 2. The number of nitrogens with one attached hydrogen (secondary N) is 1. The van der Waals surface area contributed by atoms with E-state index in [4.69, 9.17) is 4.74 Å². The third kappa shape index (κ3) is 4.10. The van der Waals surface area contributed by atoms with E-state index in [0.29, 0.717) is 30.8 Å². The second-order valence-electron chi connectivity index (χ2n) is 6.31. The third-order valence-electron chi connectivity index (χ3n) is 4.55. The van der Waals surface area contributed by atoms with Crippen LogP contribution in [0.4, 0.5) is 0 Å². The highest BCUT2D eigenvalue weighted by atomic mass is 32.2. The van der Waals surface area contributed by atoms with Gasteiger partial charge in [-0.05, 0) is 39.7 Å². The van der Waals surface area contributed by atoms with Crippen LogP contribution in [-0.4, -0.2) is 45.6 Å². The van der Waals surface area contributed by atoms with E-state index in [9.17, 15) is 9.59 Å². The zero-order valence-corrected chi connectivity index (χ0v) is 17.2. The Kier molecular flexibility index (Phi) is 6.83. The molecule has 0 aliphatic rings. The first-order chi connectivity index (χ1) is 12.3. The summed E-state index contributed by atoms with van der Waals surface area (Å²) < 4.78 is 7.25. The molecule has 7 heteroatoms. The predicted octanol–water partition coefficient (Wildman–Crippen LogP) is 3.52. The molecule has 6 nitrogen and oxygen atoms in total. The maximum absolute atomic E-state index is 12.8. The molecule has 26 heavy (non-hydrogen) atoms. The first-order valence-corrected chi connectivity index (χ1v) is 9.71. The van der Waals surface area contributed by atoms with Gasteiger partial charge in [0.25, 0.3) is 0 Å². The number of H-pyrrole nitrogens is 1. The summed E-state index contributed by atoms with van der Waals surface area (Å²) in [5.41, 5.74) is 4.81. The van der Waals surface area contributed by atoms with Gasteiger partial charge in [-0.3, -0.25) is 9.59 Å². The third-order valence-corrected chi connectivity index (χ3v) is 5.53. The second-order valence-corrected chi connectivity index (χ2v) is 7.25. The van der Waals surface area contributed by atoms with Crippen molar-refractivity contribution in [3.05, 3.63) is 33.9 Å². The molecule has 2 aromatic heterocycles. The highest BCUT2D eigenvalue weighted by Crippen LogP contribution is 2.25. The van der Waals surface area contributed by atoms with E-state index in [0.717, 1.165) is 27.8 Å². The van der Waals surface area contributed by atoms with Crippen LogP contribution < -0.4 is 0 Å². The number of aromatic nitrogens is 3. The number of aromatic amines is 1. The minimum Gasteiger partial charge on any atom is -0.383 e. The Morgan fingerprint density at radius 1 is 1.27 bits per heavy atom. The molecule has 0 saturated carbocycles. The van der Waals surface area contributed by atoms with Gasteiger partial charge in [0.2, 0.25) is 0 Å². The van der Waals surface area contributed by atoms with Crippen LogP contribution in [0, 0.1) is 20.8 Å². The predicted molar refractivity (Wildman–Crippen MR) is 104 cm³/mol. The van der Waals surface area contributed by atoms with Crippen LogP contribution in [-0.2, 0) is 17.7 Å². The zero-order valence-electron chi connectivity index (χ0n) is 16.4. The van der Waals surface area contributed by atoms with Crippen molar-refractivity contribution < 1.29 is 14.3 Å². The van der Waals surface area contributed by atoms with Gasteiger partial charge in [-0.1, -0.05) is 18.7 Å². The lowest BCUT2D eigenvalue weighted by Crippen LogP contribution is -2.10. The number of hydrogen-bond donors (Lipinski definition) is 1. The van der Waals surface area contributed by atoms with Crippen LogP contribution in [0.3, 0.4) is 0 Å². The van der Waals surface area contributed by atoms with Gasteiger partial charge < -0.3 is 14.3 Å². The van der Waals surface area contributed by atoms with Crippen molar-refractivity contribution in [2.24, 2.45) is 0 Å². The van der Waals surface area contributed by atoms with Gasteiger partial charge in [-0.2, -0.15) is 0 Å². The number of ether oxygens (including phenoxy) is 1. The topological polar surface area (TPSA) is 77.0 Å². The molecule has 0 radical (unpaired) electrons. The molecule has 1 N–H and O–H groups in total. The molecule has 2 heterocycles. The lowest BCUT2D eigenvalue weighted by molar-refractivity contribution is 0.101. The monoisotopic (exact) mass is 377 g/mol. The zero-order chi connectivity index (χ0) is 19.4. The fourth-order valence-corrected chi connectivity index (χ4v) is 4.12. The van der Waals surface area contributed by atoms with Crippen molar-refractivity contribution in [3.63, 3.8) is 0 Å². The summed E-state index contributed by atoms with van der Waals surface area (Å²) >= 11 is 1.42. The molecule has 0 saturated heterocycles. The first kappa shape index (κ1) is 20.5. The van der Waals surface area contributed by atoms with Crippen molar-refractivity contribution >= 4 is 23.3 Å². The average molecular weight is 378 g/mol. The maximum Gasteiger partial charge on any atom is 0.189 e. The number of aryl methyl sites for hydroxylation is 2. The van der Waals surface area contributed by atoms with Crippen LogP contribution in [0.25, 0.3) is 0 Å². The molecule has 0 unspecified atom stereocenters. The van der Waals surface area contributed by atoms with Crippen LogP contribution in [0.1, 0.15) is 57.3 Å². The number of thioether (sulfide) groups is 1. The van der Waals surface area contributed by atoms with E-state index in [2.05, 4.69) is 14.5 Å². The van der Waals surface area contributed by atoms with Crippen molar-refractivity contribution in [3.8, 4) is 0 Å². The van der Waals surface area contributed by atoms with E-state index in [1.54, 1.807) is 7.11 Å². The SMILES string of the molecule is CCc1c(C(=O)CSc2nc(C)c(C)n2CCOC)[nH]c(C)c1C(C)=O. The number of carbonyl (C=O) groups is 2. The van der Waals surface area contributed by atoms with Gasteiger partial charge in [-0.25, -0.2) is 4.98 Å². The van der Waals surface area contributed by atoms with E-state index < -0.39 is 0 Å². The summed E-state index contributed by atoms with van der Waals surface area (Å²) in [5, 5.41) is 0.818. The van der Waals surface area contributed by atoms with Crippen molar-refractivity contribution in [2.75, 3.05) is 19.5 Å². The second kappa shape index (κ2) is 8.68. The quantitative estimate of drug-likeness (QED) is 0.534. The molecule has 0 aliphatic carbocycles. The Bertz CT molecular complexity index is 821. The molecule has 0 aromatic carbocycles. The van der Waals surface area contributed by atoms with Gasteiger partial charge in [0.15, 0.2) is 16.7 Å². The number of methoxy groups -OCH3 is 1. The number of Topliss-reactive ketones (excluding diaryl/α,β-unsaturated/α-hetero) is 2. The van der Waals surface area contributed by atoms with Gasteiger partial charge in [-0.15, -0.1) is 0 Å². The summed E-state index contributed by atoms with van der Waals surface area (Å²) in [6.07, 6.45) is 0.645. The Morgan fingerprint density at radius 3 is 2.54 bits per heavy atom. The van der Waals surface area contributed by atoms with Gasteiger partial charge in [0.05, 0.1) is 23.7 Å². The largest absolute Gasteiger partial charge is 0.383 e. The summed E-state index contributed by atoms with van der Waals surface area (Å²) in [4.78, 5) is 32.4. The van der Waals surface area contributed by atoms with Gasteiger partial charge in [0.1, 0.15) is 0 Å². The van der Waals surface area contributed by atoms with Crippen LogP contribution >= 0.6 is 11.8 Å². The fraction of sp³-hybridized carbons (Fsp3) is 0.526. The smallest absolute Gasteiger partial charge is 0.189 e. The number of rotatable bonds is 9. The molecule has 2 aromatic rings. The molecular weight excluding hydrogens is 350 g/mol. The van der Waals surface area contributed by atoms with Gasteiger partial charge >= 0.3 is 0 Å². The molecule has 0 bridgehead atoms. The molecule has 0 amide bonds. The Hall–Kier alpha value is -1.86. The lowest BCUT2D eigenvalue weighted by Gasteiger charge is -2.09. The number of hydrogen-bond acceptors (Lipinski definition) is 5. The highest BCUT2D eigenvalue weighted by Gasteiger charge is 2.22. The molecule has 0 aliphatic heterocycles. The maximum atomic E-state index is 12.8. The van der Waals surface area contributed by atoms with E-state index in [-0.39, 0.29) is 17.3 Å². The van der Waals surface area contributed by atoms with Crippen LogP contribution in [0.2, 0.25) is 0 Å². The lowest BCUT2D eigenvalue weighted by atomic mass is 10.0. The average Bonchev–Trinajstić information content (AvgIpc) is 3.08. The fourth-order valence-electron chi connectivity index (χ4n) is 3.13. The number of ketones is 2. The van der Waals surface area contributed by atoms with E-state index in [1.165, 1.54) is 18.7 Å². The van der Waals surface area contributed by atoms with E-state index >= 15 is 0 Å². The summed E-state index contributed by atoms with van der Waals surface area (Å²) in [6.45, 7) is 10.6. The minimum absolute atomic E-state index is 0.0105. The number of nitrogens with zero attached hydrogens (tertiary/aromatic N) is 2. The first-order valence-electron chi connectivity index (χ1n) is 8.72. The summed E-state index contributed by atoms with van der Waals surface area (Å²) in [5.74, 6) is 0.246. The standard InChI is InChI=1S/C19H27N3O3S/c1-7-15-17(14(5)23)12(3)20-18(15)16(24)10-26-19-21-11(2)13(4)22(19)8-9-25-6/h20H,7-10H2,1-6H3. The highest BCUT2D eigenvalue weighted by molar-refractivity contribution is 7.99. The molecular formula is C19H27N3O3S. The van der Waals surface area contributed by atoms with Crippen molar-refractivity contribution in [2.45, 2.75) is 52.7 Å².